The maximum Gasteiger partial charge on any atom is 0.119 e. The topological polar surface area (TPSA) is 41.5 Å². The van der Waals surface area contributed by atoms with Crippen LogP contribution in [0.2, 0.25) is 5.02 Å². The largest absolute Gasteiger partial charge is 0.491 e. The van der Waals surface area contributed by atoms with Crippen LogP contribution in [-0.2, 0) is 6.42 Å². The third-order valence-corrected chi connectivity index (χ3v) is 3.95. The smallest absolute Gasteiger partial charge is 0.119 e. The van der Waals surface area contributed by atoms with E-state index in [1.165, 1.54) is 4.88 Å². The summed E-state index contributed by atoms with van der Waals surface area (Å²) in [6.45, 7) is 1.66. The van der Waals surface area contributed by atoms with Crippen molar-refractivity contribution >= 4 is 22.9 Å². The number of hydrogen-bond donors (Lipinski definition) is 2. The minimum atomic E-state index is -0.519. The molecule has 20 heavy (non-hydrogen) atoms. The van der Waals surface area contributed by atoms with E-state index in [4.69, 9.17) is 16.3 Å². The van der Waals surface area contributed by atoms with E-state index >= 15 is 0 Å². The Labute approximate surface area is 128 Å². The Morgan fingerprint density at radius 1 is 1.25 bits per heavy atom. The summed E-state index contributed by atoms with van der Waals surface area (Å²) in [6.07, 6.45) is 0.469. The highest BCUT2D eigenvalue weighted by atomic mass is 35.5. The average Bonchev–Trinajstić information content (AvgIpc) is 2.96. The summed E-state index contributed by atoms with van der Waals surface area (Å²) in [6, 6.07) is 11.3. The third kappa shape index (κ3) is 5.51. The zero-order valence-electron chi connectivity index (χ0n) is 11.1. The fourth-order valence-corrected chi connectivity index (χ4v) is 2.55. The minimum absolute atomic E-state index is 0.271. The molecular formula is C15H18ClNO2S. The predicted octanol–water partition coefficient (Wildman–Crippen LogP) is 2.97. The van der Waals surface area contributed by atoms with Gasteiger partial charge >= 0.3 is 0 Å². The molecule has 2 rings (SSSR count). The van der Waals surface area contributed by atoms with Crippen LogP contribution in [0, 0.1) is 0 Å². The maximum absolute atomic E-state index is 9.81. The van der Waals surface area contributed by atoms with Crippen molar-refractivity contribution in [1.82, 2.24) is 5.32 Å². The molecule has 0 bridgehead atoms. The Hall–Kier alpha value is -1.07. The molecule has 1 atom stereocenters. The van der Waals surface area contributed by atoms with Gasteiger partial charge in [0.25, 0.3) is 0 Å². The van der Waals surface area contributed by atoms with E-state index < -0.39 is 6.10 Å². The lowest BCUT2D eigenvalue weighted by molar-refractivity contribution is 0.106. The number of rotatable bonds is 8. The van der Waals surface area contributed by atoms with E-state index in [0.29, 0.717) is 17.3 Å². The van der Waals surface area contributed by atoms with Gasteiger partial charge in [0, 0.05) is 23.0 Å². The van der Waals surface area contributed by atoms with Gasteiger partial charge in [-0.05, 0) is 42.1 Å². The summed E-state index contributed by atoms with van der Waals surface area (Å²) >= 11 is 7.54. The molecule has 0 spiro atoms. The Bertz CT molecular complexity index is 487. The van der Waals surface area contributed by atoms with Crippen LogP contribution in [0.5, 0.6) is 5.75 Å². The highest BCUT2D eigenvalue weighted by molar-refractivity contribution is 7.09. The summed E-state index contributed by atoms with van der Waals surface area (Å²) in [7, 11) is 0. The molecule has 0 amide bonds. The summed E-state index contributed by atoms with van der Waals surface area (Å²) in [4.78, 5) is 1.35. The lowest BCUT2D eigenvalue weighted by Crippen LogP contribution is -2.32. The number of halogens is 1. The van der Waals surface area contributed by atoms with E-state index in [1.807, 2.05) is 0 Å². The Balaban J connectivity index is 1.58. The van der Waals surface area contributed by atoms with Crippen molar-refractivity contribution in [3.05, 3.63) is 51.7 Å². The maximum atomic E-state index is 9.81. The first kappa shape index (κ1) is 15.3. The van der Waals surface area contributed by atoms with Crippen molar-refractivity contribution in [3.63, 3.8) is 0 Å². The zero-order valence-corrected chi connectivity index (χ0v) is 12.7. The van der Waals surface area contributed by atoms with E-state index in [9.17, 15) is 5.11 Å². The van der Waals surface area contributed by atoms with Gasteiger partial charge in [-0.25, -0.2) is 0 Å². The van der Waals surface area contributed by atoms with Crippen molar-refractivity contribution in [2.45, 2.75) is 12.5 Å². The first-order chi connectivity index (χ1) is 9.74. The number of ether oxygens (including phenoxy) is 1. The van der Waals surface area contributed by atoms with Crippen LogP contribution in [0.1, 0.15) is 4.88 Å². The minimum Gasteiger partial charge on any atom is -0.491 e. The van der Waals surface area contributed by atoms with Gasteiger partial charge < -0.3 is 15.2 Å². The summed E-state index contributed by atoms with van der Waals surface area (Å²) in [5, 5.41) is 15.8. The van der Waals surface area contributed by atoms with Crippen molar-refractivity contribution in [3.8, 4) is 5.75 Å². The van der Waals surface area contributed by atoms with Gasteiger partial charge in [0.15, 0.2) is 0 Å². The monoisotopic (exact) mass is 311 g/mol. The van der Waals surface area contributed by atoms with Crippen LogP contribution in [0.4, 0.5) is 0 Å². The van der Waals surface area contributed by atoms with Crippen LogP contribution in [0.15, 0.2) is 41.8 Å². The molecule has 0 aliphatic carbocycles. The predicted molar refractivity (Wildman–Crippen MR) is 83.8 cm³/mol. The molecule has 1 heterocycles. The second-order valence-corrected chi connectivity index (χ2v) is 5.92. The molecule has 2 N–H and O–H groups in total. The lowest BCUT2D eigenvalue weighted by Gasteiger charge is -2.13. The number of aliphatic hydroxyl groups is 1. The van der Waals surface area contributed by atoms with Gasteiger partial charge in [0.2, 0.25) is 0 Å². The van der Waals surface area contributed by atoms with Crippen LogP contribution in [0.3, 0.4) is 0 Å². The van der Waals surface area contributed by atoms with Gasteiger partial charge in [-0.15, -0.1) is 11.3 Å². The Morgan fingerprint density at radius 3 is 2.75 bits per heavy atom. The molecule has 0 radical (unpaired) electrons. The highest BCUT2D eigenvalue weighted by Gasteiger charge is 2.05. The number of thiophene rings is 1. The molecule has 0 fully saturated rings. The van der Waals surface area contributed by atoms with Crippen molar-refractivity contribution < 1.29 is 9.84 Å². The van der Waals surface area contributed by atoms with Crippen LogP contribution < -0.4 is 10.1 Å². The molecule has 1 aromatic carbocycles. The fourth-order valence-electron chi connectivity index (χ4n) is 1.72. The molecule has 0 aliphatic rings. The quantitative estimate of drug-likeness (QED) is 0.737. The highest BCUT2D eigenvalue weighted by Crippen LogP contribution is 2.15. The Morgan fingerprint density at radius 2 is 2.05 bits per heavy atom. The number of benzene rings is 1. The van der Waals surface area contributed by atoms with Crippen LogP contribution >= 0.6 is 22.9 Å². The Kier molecular flexibility index (Phi) is 6.33. The van der Waals surface area contributed by atoms with Crippen molar-refractivity contribution in [2.75, 3.05) is 19.7 Å². The molecule has 0 saturated carbocycles. The van der Waals surface area contributed by atoms with Crippen LogP contribution in [0.25, 0.3) is 0 Å². The molecule has 5 heteroatoms. The fraction of sp³-hybridized carbons (Fsp3) is 0.333. The van der Waals surface area contributed by atoms with Crippen molar-refractivity contribution in [2.24, 2.45) is 0 Å². The van der Waals surface area contributed by atoms with Gasteiger partial charge in [-0.1, -0.05) is 17.7 Å². The van der Waals surface area contributed by atoms with Gasteiger partial charge in [0.05, 0.1) is 0 Å². The summed E-state index contributed by atoms with van der Waals surface area (Å²) in [5.41, 5.74) is 0. The van der Waals surface area contributed by atoms with E-state index in [-0.39, 0.29) is 6.61 Å². The molecule has 2 aromatic rings. The first-order valence-corrected chi connectivity index (χ1v) is 7.79. The molecule has 0 saturated heterocycles. The molecule has 108 valence electrons. The second kappa shape index (κ2) is 8.27. The normalized spacial score (nSPS) is 12.3. The number of nitrogens with one attached hydrogen (secondary N) is 1. The van der Waals surface area contributed by atoms with Gasteiger partial charge in [-0.2, -0.15) is 0 Å². The molecular weight excluding hydrogens is 294 g/mol. The zero-order chi connectivity index (χ0) is 14.2. The van der Waals surface area contributed by atoms with Gasteiger partial charge in [0.1, 0.15) is 18.5 Å². The second-order valence-electron chi connectivity index (χ2n) is 4.45. The number of hydrogen-bond acceptors (Lipinski definition) is 4. The van der Waals surface area contributed by atoms with E-state index in [1.54, 1.807) is 35.6 Å². The van der Waals surface area contributed by atoms with Gasteiger partial charge in [-0.3, -0.25) is 0 Å². The van der Waals surface area contributed by atoms with Crippen LogP contribution in [-0.4, -0.2) is 30.9 Å². The molecule has 1 unspecified atom stereocenters. The molecule has 0 aliphatic heterocycles. The summed E-state index contributed by atoms with van der Waals surface area (Å²) < 4.78 is 5.48. The molecule has 3 nitrogen and oxygen atoms in total. The summed E-state index contributed by atoms with van der Waals surface area (Å²) in [5.74, 6) is 0.715. The SMILES string of the molecule is OC(CNCCc1cccs1)COc1ccc(Cl)cc1. The van der Waals surface area contributed by atoms with E-state index in [0.717, 1.165) is 13.0 Å². The van der Waals surface area contributed by atoms with E-state index in [2.05, 4.69) is 22.8 Å². The van der Waals surface area contributed by atoms with Crippen molar-refractivity contribution in [1.29, 1.82) is 0 Å². The third-order valence-electron chi connectivity index (χ3n) is 2.76. The molecule has 1 aromatic heterocycles. The number of aliphatic hydroxyl groups excluding tert-OH is 1. The first-order valence-electron chi connectivity index (χ1n) is 6.53. The average molecular weight is 312 g/mol. The lowest BCUT2D eigenvalue weighted by atomic mass is 10.3. The standard InChI is InChI=1S/C15H18ClNO2S/c16-12-3-5-14(6-4-12)19-11-13(18)10-17-8-7-15-2-1-9-20-15/h1-6,9,13,17-18H,7-8,10-11H2.